The molecule has 7 nitrogen and oxygen atoms in total. The van der Waals surface area contributed by atoms with Crippen molar-refractivity contribution in [2.75, 3.05) is 0 Å². The Hall–Kier alpha value is -0.431. The van der Waals surface area contributed by atoms with E-state index in [4.69, 9.17) is 22.6 Å². The molecule has 0 aliphatic carbocycles. The van der Waals surface area contributed by atoms with E-state index in [2.05, 4.69) is 0 Å². The van der Waals surface area contributed by atoms with Gasteiger partial charge in [0.05, 0.1) is 0 Å². The molecule has 0 bridgehead atoms. The normalized spacial score (nSPS) is 12.4. The summed E-state index contributed by atoms with van der Waals surface area (Å²) in [7, 11) is 0. The zero-order valence-corrected chi connectivity index (χ0v) is 13.5. The summed E-state index contributed by atoms with van der Waals surface area (Å²) in [6.45, 7) is 6.63. The van der Waals surface area contributed by atoms with Gasteiger partial charge >= 0.3 is 103 Å². The molecule has 2 N–H and O–H groups in total. The van der Waals surface area contributed by atoms with E-state index in [1.54, 1.807) is 13.8 Å². The van der Waals surface area contributed by atoms with Crippen LogP contribution < -0.4 is 0 Å². The zero-order valence-electron chi connectivity index (χ0n) is 11.6. The number of rotatable bonds is 8. The maximum atomic E-state index is 10.7. The van der Waals surface area contributed by atoms with Gasteiger partial charge in [-0.15, -0.1) is 0 Å². The van der Waals surface area contributed by atoms with E-state index in [1.807, 2.05) is 0 Å². The maximum Gasteiger partial charge on any atom is 0.503 e. The summed E-state index contributed by atoms with van der Waals surface area (Å²) < 4.78 is 10.3. The van der Waals surface area contributed by atoms with Gasteiger partial charge in [0, 0.05) is 17.1 Å². The molecule has 0 amide bonds. The molecule has 0 aromatic carbocycles. The summed E-state index contributed by atoms with van der Waals surface area (Å²) in [5.41, 5.74) is 0. The Kier molecular flexibility index (Phi) is 18.4. The number of Topliss-reactive ketones (excluding diaryl/α,β-unsaturated/α-hetero) is 2. The van der Waals surface area contributed by atoms with E-state index in [-0.39, 0.29) is 40.8 Å². The molecule has 0 aromatic heterocycles. The van der Waals surface area contributed by atoms with Gasteiger partial charge < -0.3 is 10.2 Å². The second kappa shape index (κ2) is 15.0. The number of carboxylic acid groups (broad SMARTS) is 2. The second-order valence-corrected chi connectivity index (χ2v) is 4.51. The monoisotopic (exact) mass is 390 g/mol. The number of hydrogen-bond donors (Lipinski definition) is 2. The fourth-order valence-corrected chi connectivity index (χ4v) is 1.49. The largest absolute Gasteiger partial charge is 0.503 e. The van der Waals surface area contributed by atoms with Gasteiger partial charge in [-0.3, -0.25) is 0 Å². The molecule has 0 saturated carbocycles. The van der Waals surface area contributed by atoms with Crippen molar-refractivity contribution in [2.45, 2.75) is 52.7 Å². The van der Waals surface area contributed by atoms with Gasteiger partial charge in [0.1, 0.15) is 0 Å². The van der Waals surface area contributed by atoms with Crippen LogP contribution in [0.2, 0.25) is 0 Å². The van der Waals surface area contributed by atoms with E-state index in [0.29, 0.717) is 12.8 Å². The molecule has 20 heavy (non-hydrogen) atoms. The van der Waals surface area contributed by atoms with Crippen molar-refractivity contribution in [3.63, 3.8) is 0 Å². The van der Waals surface area contributed by atoms with Crippen LogP contribution >= 0.6 is 0 Å². The van der Waals surface area contributed by atoms with Crippen LogP contribution in [0, 0.1) is 0 Å². The van der Waals surface area contributed by atoms with Gasteiger partial charge in [0.2, 0.25) is 0 Å². The first-order valence-electron chi connectivity index (χ1n) is 5.46. The SMILES string of the molecule is CC(=O)CC(C)[O][Cu][O]C(C)CC(C)=O.O=C(O)O.[Cu]. The Morgan fingerprint density at radius 3 is 1.40 bits per heavy atom. The van der Waals surface area contributed by atoms with Crippen molar-refractivity contribution >= 4 is 17.7 Å². The van der Waals surface area contributed by atoms with Crippen LogP contribution in [0.5, 0.6) is 0 Å². The first kappa shape index (κ1) is 24.6. The van der Waals surface area contributed by atoms with Crippen molar-refractivity contribution in [3.8, 4) is 0 Å². The number of hydrogen-bond acceptors (Lipinski definition) is 5. The predicted molar refractivity (Wildman–Crippen MR) is 62.3 cm³/mol. The van der Waals surface area contributed by atoms with Crippen LogP contribution in [0.25, 0.3) is 0 Å². The molecule has 2 atom stereocenters. The zero-order chi connectivity index (χ0) is 15.4. The van der Waals surface area contributed by atoms with Crippen LogP contribution in [0.4, 0.5) is 4.79 Å². The summed E-state index contributed by atoms with van der Waals surface area (Å²) >= 11 is 0.939. The third-order valence-corrected chi connectivity index (χ3v) is 2.39. The van der Waals surface area contributed by atoms with E-state index in [0.717, 1.165) is 15.6 Å². The topological polar surface area (TPSA) is 110 Å². The van der Waals surface area contributed by atoms with Gasteiger partial charge in [0.25, 0.3) is 0 Å². The fourth-order valence-electron chi connectivity index (χ4n) is 0.976. The Balaban J connectivity index is -0.000000508. The van der Waals surface area contributed by atoms with Crippen molar-refractivity contribution in [2.24, 2.45) is 0 Å². The van der Waals surface area contributed by atoms with Crippen LogP contribution in [0.15, 0.2) is 0 Å². The minimum Gasteiger partial charge on any atom is -0.450 e. The summed E-state index contributed by atoms with van der Waals surface area (Å²) in [6, 6.07) is 0. The Morgan fingerprint density at radius 2 is 1.20 bits per heavy atom. The molecule has 0 aliphatic rings. The van der Waals surface area contributed by atoms with Crippen molar-refractivity contribution in [1.82, 2.24) is 0 Å². The summed E-state index contributed by atoms with van der Waals surface area (Å²) in [6.07, 6.45) is -1.44. The second-order valence-electron chi connectivity index (χ2n) is 3.91. The average Bonchev–Trinajstić information content (AvgIpc) is 2.13. The van der Waals surface area contributed by atoms with E-state index in [1.165, 1.54) is 13.8 Å². The Morgan fingerprint density at radius 1 is 0.950 bits per heavy atom. The molecule has 0 saturated heterocycles. The third kappa shape index (κ3) is 26.2. The van der Waals surface area contributed by atoms with Crippen LogP contribution in [0.3, 0.4) is 0 Å². The minimum absolute atomic E-state index is 0. The summed E-state index contributed by atoms with van der Waals surface area (Å²) in [5, 5.41) is 13.9. The van der Waals surface area contributed by atoms with Crippen molar-refractivity contribution in [3.05, 3.63) is 0 Å². The predicted octanol–water partition coefficient (Wildman–Crippen LogP) is 1.89. The van der Waals surface area contributed by atoms with Gasteiger partial charge in [-0.05, 0) is 0 Å². The minimum atomic E-state index is -1.83. The third-order valence-electron chi connectivity index (χ3n) is 1.45. The first-order chi connectivity index (χ1) is 8.65. The Bertz CT molecular complexity index is 270. The molecule has 0 rings (SSSR count). The van der Waals surface area contributed by atoms with Gasteiger partial charge in [-0.1, -0.05) is 0 Å². The number of carbonyl (C=O) groups is 3. The van der Waals surface area contributed by atoms with Crippen LogP contribution in [0.1, 0.15) is 40.5 Å². The smallest absolute Gasteiger partial charge is 0.450 e. The molecule has 0 spiro atoms. The van der Waals surface area contributed by atoms with E-state index < -0.39 is 6.16 Å². The molecule has 0 fully saturated rings. The molecule has 1 radical (unpaired) electrons. The van der Waals surface area contributed by atoms with Gasteiger partial charge in [-0.25, -0.2) is 4.79 Å². The van der Waals surface area contributed by atoms with E-state index in [9.17, 15) is 9.59 Å². The molecule has 2 unspecified atom stereocenters. The molecule has 128 valence electrons. The molecule has 0 heterocycles. The van der Waals surface area contributed by atoms with Gasteiger partial charge in [0.15, 0.2) is 0 Å². The molecular weight excluding hydrogens is 371 g/mol. The fraction of sp³-hybridized carbons (Fsp3) is 0.727. The van der Waals surface area contributed by atoms with Crippen LogP contribution in [-0.2, 0) is 49.9 Å². The standard InChI is InChI=1S/2C5H9O2.CH2O3.2Cu/c2*1-4(6)3-5(2)7;2-1(3)4;;/h2*4H,3H2,1-2H3;(H2,2,3,4);;/q2*-1;;;+2. The molecular formula is C11H20Cu2O7. The van der Waals surface area contributed by atoms with Crippen molar-refractivity contribution < 1.29 is 64.9 Å². The first-order valence-corrected chi connectivity index (χ1v) is 6.22. The quantitative estimate of drug-likeness (QED) is 0.608. The molecule has 0 aliphatic heterocycles. The molecule has 9 heteroatoms. The Labute approximate surface area is 135 Å². The number of ketones is 2. The van der Waals surface area contributed by atoms with Crippen LogP contribution in [-0.4, -0.2) is 40.1 Å². The van der Waals surface area contributed by atoms with Crippen molar-refractivity contribution in [1.29, 1.82) is 0 Å². The summed E-state index contributed by atoms with van der Waals surface area (Å²) in [4.78, 5) is 30.0. The molecule has 0 aromatic rings. The average molecular weight is 391 g/mol. The maximum absolute atomic E-state index is 10.7. The van der Waals surface area contributed by atoms with E-state index >= 15 is 0 Å². The summed E-state index contributed by atoms with van der Waals surface area (Å²) in [5.74, 6) is 0.163. The number of carbonyl (C=O) groups excluding carboxylic acids is 2. The van der Waals surface area contributed by atoms with Gasteiger partial charge in [-0.2, -0.15) is 0 Å².